The maximum Gasteiger partial charge on any atom is 0.306 e. The van der Waals surface area contributed by atoms with Crippen molar-refractivity contribution >= 4 is 17.6 Å². The Morgan fingerprint density at radius 1 is 1.21 bits per heavy atom. The van der Waals surface area contributed by atoms with Gasteiger partial charge in [0.2, 0.25) is 5.91 Å². The summed E-state index contributed by atoms with van der Waals surface area (Å²) in [6, 6.07) is 2.88. The van der Waals surface area contributed by atoms with Crippen LogP contribution in [0.5, 0.6) is 0 Å². The van der Waals surface area contributed by atoms with Gasteiger partial charge in [0.05, 0.1) is 11.6 Å². The van der Waals surface area contributed by atoms with E-state index in [-0.39, 0.29) is 12.1 Å². The van der Waals surface area contributed by atoms with Crippen molar-refractivity contribution in [2.45, 2.75) is 19.3 Å². The summed E-state index contributed by atoms with van der Waals surface area (Å²) in [5.41, 5.74) is -0.0924. The highest BCUT2D eigenvalue weighted by Crippen LogP contribution is 2.32. The zero-order valence-corrected chi connectivity index (χ0v) is 10.0. The van der Waals surface area contributed by atoms with Gasteiger partial charge in [-0.1, -0.05) is 0 Å². The van der Waals surface area contributed by atoms with Gasteiger partial charge < -0.3 is 10.4 Å². The molecular weight excluding hydrogens is 256 g/mol. The van der Waals surface area contributed by atoms with Crippen molar-refractivity contribution in [3.63, 3.8) is 0 Å². The second-order valence-electron chi connectivity index (χ2n) is 4.66. The molecule has 2 rings (SSSR count). The van der Waals surface area contributed by atoms with E-state index in [4.69, 9.17) is 5.11 Å². The highest BCUT2D eigenvalue weighted by molar-refractivity contribution is 5.93. The van der Waals surface area contributed by atoms with Crippen LogP contribution in [0.2, 0.25) is 0 Å². The fourth-order valence-electron chi connectivity index (χ4n) is 2.27. The molecule has 0 saturated heterocycles. The highest BCUT2D eigenvalue weighted by Gasteiger charge is 2.34. The van der Waals surface area contributed by atoms with Gasteiger partial charge in [-0.15, -0.1) is 0 Å². The normalized spacial score (nSPS) is 22.2. The van der Waals surface area contributed by atoms with E-state index in [1.807, 2.05) is 0 Å². The molecule has 0 heterocycles. The molecule has 1 aliphatic carbocycles. The third kappa shape index (κ3) is 3.07. The van der Waals surface area contributed by atoms with Gasteiger partial charge in [0.25, 0.3) is 0 Å². The number of carboxylic acid groups (broad SMARTS) is 1. The minimum absolute atomic E-state index is 0.0924. The van der Waals surface area contributed by atoms with E-state index in [0.717, 1.165) is 12.1 Å². The Bertz CT molecular complexity index is 519. The first-order chi connectivity index (χ1) is 8.97. The number of nitrogens with one attached hydrogen (secondary N) is 1. The second-order valence-corrected chi connectivity index (χ2v) is 4.66. The van der Waals surface area contributed by atoms with Gasteiger partial charge in [0.1, 0.15) is 11.6 Å². The van der Waals surface area contributed by atoms with Crippen molar-refractivity contribution in [1.29, 1.82) is 0 Å². The van der Waals surface area contributed by atoms with Crippen molar-refractivity contribution in [3.8, 4) is 0 Å². The van der Waals surface area contributed by atoms with Crippen molar-refractivity contribution in [2.24, 2.45) is 11.8 Å². The number of carboxylic acids is 1. The third-order valence-electron chi connectivity index (χ3n) is 3.34. The Balaban J connectivity index is 2.00. The number of carbonyl (C=O) groups is 2. The Hall–Kier alpha value is -1.98. The first-order valence-corrected chi connectivity index (χ1v) is 5.96. The summed E-state index contributed by atoms with van der Waals surface area (Å²) in [6.45, 7) is 0. The summed E-state index contributed by atoms with van der Waals surface area (Å²) < 4.78 is 26.1. The lowest BCUT2D eigenvalue weighted by molar-refractivity contribution is -0.141. The molecule has 0 aromatic heterocycles. The van der Waals surface area contributed by atoms with Crippen LogP contribution in [-0.4, -0.2) is 17.0 Å². The second kappa shape index (κ2) is 5.34. The molecule has 0 unspecified atom stereocenters. The van der Waals surface area contributed by atoms with Gasteiger partial charge in [0.15, 0.2) is 0 Å². The van der Waals surface area contributed by atoms with E-state index in [9.17, 15) is 18.4 Å². The van der Waals surface area contributed by atoms with Crippen LogP contribution in [0.1, 0.15) is 19.3 Å². The molecule has 1 amide bonds. The summed E-state index contributed by atoms with van der Waals surface area (Å²) >= 11 is 0. The lowest BCUT2D eigenvalue weighted by atomic mass is 10.0. The van der Waals surface area contributed by atoms with Crippen LogP contribution in [-0.2, 0) is 9.59 Å². The van der Waals surface area contributed by atoms with Crippen LogP contribution in [0, 0.1) is 23.5 Å². The molecule has 6 heteroatoms. The van der Waals surface area contributed by atoms with Gasteiger partial charge in [-0.25, -0.2) is 8.78 Å². The molecule has 1 aromatic carbocycles. The van der Waals surface area contributed by atoms with Crippen LogP contribution < -0.4 is 5.32 Å². The van der Waals surface area contributed by atoms with E-state index in [1.165, 1.54) is 0 Å². The Morgan fingerprint density at radius 2 is 1.89 bits per heavy atom. The molecule has 2 N–H and O–H groups in total. The number of halogens is 2. The van der Waals surface area contributed by atoms with Gasteiger partial charge >= 0.3 is 5.97 Å². The molecular formula is C13H13F2NO3. The minimum atomic E-state index is -0.914. The molecule has 0 aliphatic heterocycles. The van der Waals surface area contributed by atoms with E-state index < -0.39 is 35.3 Å². The molecule has 0 radical (unpaired) electrons. The summed E-state index contributed by atoms with van der Waals surface area (Å²) in [5, 5.41) is 11.2. The molecule has 102 valence electrons. The standard InChI is InChI=1S/C13H13F2NO3/c14-9-3-4-11(10(15)6-9)16-12(17)7-1-2-8(5-7)13(18)19/h3-4,6-8H,1-2,5H2,(H,16,17)(H,18,19)/t7-,8+/m0/s1. The van der Waals surface area contributed by atoms with Gasteiger partial charge in [-0.05, 0) is 31.4 Å². The number of anilines is 1. The maximum atomic E-state index is 13.4. The predicted octanol–water partition coefficient (Wildman–Crippen LogP) is 2.40. The van der Waals surface area contributed by atoms with Crippen LogP contribution in [0.4, 0.5) is 14.5 Å². The van der Waals surface area contributed by atoms with Crippen LogP contribution >= 0.6 is 0 Å². The molecule has 1 saturated carbocycles. The van der Waals surface area contributed by atoms with E-state index >= 15 is 0 Å². The fourth-order valence-corrected chi connectivity index (χ4v) is 2.27. The number of carbonyl (C=O) groups excluding carboxylic acids is 1. The van der Waals surface area contributed by atoms with Crippen LogP contribution in [0.3, 0.4) is 0 Å². The summed E-state index contributed by atoms with van der Waals surface area (Å²) in [5.74, 6) is -3.86. The van der Waals surface area contributed by atoms with E-state index in [2.05, 4.69) is 5.32 Å². The SMILES string of the molecule is O=C(O)[C@@H]1CC[C@H](C(=O)Nc2ccc(F)cc2F)C1. The molecule has 0 spiro atoms. The Labute approximate surface area is 108 Å². The molecule has 1 aromatic rings. The van der Waals surface area contributed by atoms with Crippen molar-refractivity contribution in [2.75, 3.05) is 5.32 Å². The number of rotatable bonds is 3. The van der Waals surface area contributed by atoms with Gasteiger partial charge in [-0.2, -0.15) is 0 Å². The zero-order chi connectivity index (χ0) is 14.0. The van der Waals surface area contributed by atoms with Gasteiger partial charge in [0, 0.05) is 12.0 Å². The van der Waals surface area contributed by atoms with Crippen molar-refractivity contribution in [1.82, 2.24) is 0 Å². The number of hydrogen-bond donors (Lipinski definition) is 2. The summed E-state index contributed by atoms with van der Waals surface area (Å²) in [4.78, 5) is 22.6. The zero-order valence-electron chi connectivity index (χ0n) is 10.0. The van der Waals surface area contributed by atoms with Crippen LogP contribution in [0.25, 0.3) is 0 Å². The Morgan fingerprint density at radius 3 is 2.47 bits per heavy atom. The number of hydrogen-bond acceptors (Lipinski definition) is 2. The highest BCUT2D eigenvalue weighted by atomic mass is 19.1. The van der Waals surface area contributed by atoms with E-state index in [0.29, 0.717) is 18.9 Å². The quantitative estimate of drug-likeness (QED) is 0.885. The number of benzene rings is 1. The monoisotopic (exact) mass is 269 g/mol. The first kappa shape index (κ1) is 13.5. The lowest BCUT2D eigenvalue weighted by Crippen LogP contribution is -2.22. The molecule has 4 nitrogen and oxygen atoms in total. The van der Waals surface area contributed by atoms with E-state index in [1.54, 1.807) is 0 Å². The maximum absolute atomic E-state index is 13.4. The predicted molar refractivity (Wildman–Crippen MR) is 63.5 cm³/mol. The number of amides is 1. The molecule has 2 atom stereocenters. The molecule has 1 fully saturated rings. The van der Waals surface area contributed by atoms with Crippen molar-refractivity contribution < 1.29 is 23.5 Å². The van der Waals surface area contributed by atoms with Crippen LogP contribution in [0.15, 0.2) is 18.2 Å². The summed E-state index contributed by atoms with van der Waals surface area (Å²) in [7, 11) is 0. The molecule has 19 heavy (non-hydrogen) atoms. The molecule has 1 aliphatic rings. The first-order valence-electron chi connectivity index (χ1n) is 5.96. The van der Waals surface area contributed by atoms with Crippen molar-refractivity contribution in [3.05, 3.63) is 29.8 Å². The average Bonchev–Trinajstić information content (AvgIpc) is 2.82. The fraction of sp³-hybridized carbons (Fsp3) is 0.385. The lowest BCUT2D eigenvalue weighted by Gasteiger charge is -2.11. The Kier molecular flexibility index (Phi) is 3.78. The molecule has 0 bridgehead atoms. The minimum Gasteiger partial charge on any atom is -0.481 e. The number of aliphatic carboxylic acids is 1. The topological polar surface area (TPSA) is 66.4 Å². The summed E-state index contributed by atoms with van der Waals surface area (Å²) in [6.07, 6.45) is 1.16. The largest absolute Gasteiger partial charge is 0.481 e. The smallest absolute Gasteiger partial charge is 0.306 e. The average molecular weight is 269 g/mol. The third-order valence-corrected chi connectivity index (χ3v) is 3.34. The van der Waals surface area contributed by atoms with Gasteiger partial charge in [-0.3, -0.25) is 9.59 Å².